The van der Waals surface area contributed by atoms with Gasteiger partial charge in [-0.15, -0.1) is 0 Å². The van der Waals surface area contributed by atoms with E-state index in [4.69, 9.17) is 9.84 Å². The maximum atomic E-state index is 10.6. The number of ether oxygens (including phenoxy) is 1. The smallest absolute Gasteiger partial charge is 0.321 e. The number of carboxylic acids is 1. The highest BCUT2D eigenvalue weighted by Crippen LogP contribution is 2.17. The molecule has 1 fully saturated rings. The van der Waals surface area contributed by atoms with Crippen molar-refractivity contribution in [3.05, 3.63) is 0 Å². The van der Waals surface area contributed by atoms with Gasteiger partial charge in [-0.05, 0) is 7.05 Å². The van der Waals surface area contributed by atoms with Crippen LogP contribution in [-0.2, 0) is 9.53 Å². The zero-order chi connectivity index (χ0) is 8.43. The Bertz CT molecular complexity index is 160. The van der Waals surface area contributed by atoms with Gasteiger partial charge < -0.3 is 9.84 Å². The second kappa shape index (κ2) is 3.19. The molecule has 0 spiro atoms. The summed E-state index contributed by atoms with van der Waals surface area (Å²) in [7, 11) is 3.42. The summed E-state index contributed by atoms with van der Waals surface area (Å²) < 4.78 is 5.06. The lowest BCUT2D eigenvalue weighted by Gasteiger charge is -2.12. The number of rotatable bonds is 2. The third kappa shape index (κ3) is 1.70. The van der Waals surface area contributed by atoms with Gasteiger partial charge in [-0.3, -0.25) is 9.69 Å². The van der Waals surface area contributed by atoms with Crippen molar-refractivity contribution >= 4 is 5.97 Å². The Morgan fingerprint density at radius 2 is 2.36 bits per heavy atom. The van der Waals surface area contributed by atoms with Gasteiger partial charge in [0.25, 0.3) is 0 Å². The molecule has 1 N–H and O–H groups in total. The third-order valence-corrected chi connectivity index (χ3v) is 2.13. The fourth-order valence-corrected chi connectivity index (χ4v) is 1.41. The number of likely N-dealkylation sites (tertiary alicyclic amines) is 1. The summed E-state index contributed by atoms with van der Waals surface area (Å²) in [5, 5.41) is 8.70. The first-order valence-corrected chi connectivity index (χ1v) is 3.61. The van der Waals surface area contributed by atoms with Crippen molar-refractivity contribution in [3.63, 3.8) is 0 Å². The number of aliphatic carboxylic acids is 1. The Kier molecular flexibility index (Phi) is 2.46. The van der Waals surface area contributed by atoms with Gasteiger partial charge in [0.05, 0.1) is 6.10 Å². The van der Waals surface area contributed by atoms with Gasteiger partial charge in [-0.2, -0.15) is 0 Å². The minimum Gasteiger partial charge on any atom is -0.480 e. The normalized spacial score (nSPS) is 32.5. The van der Waals surface area contributed by atoms with Crippen LogP contribution in [0.5, 0.6) is 0 Å². The largest absolute Gasteiger partial charge is 0.480 e. The Labute approximate surface area is 65.8 Å². The zero-order valence-electron chi connectivity index (χ0n) is 6.78. The van der Waals surface area contributed by atoms with E-state index in [2.05, 4.69) is 0 Å². The number of hydrogen-bond acceptors (Lipinski definition) is 3. The number of methoxy groups -OCH3 is 1. The molecule has 1 aliphatic heterocycles. The lowest BCUT2D eigenvalue weighted by molar-refractivity contribution is -0.141. The van der Waals surface area contributed by atoms with E-state index in [0.29, 0.717) is 13.0 Å². The van der Waals surface area contributed by atoms with Crippen LogP contribution in [0.4, 0.5) is 0 Å². The van der Waals surface area contributed by atoms with E-state index in [9.17, 15) is 4.79 Å². The molecule has 1 aliphatic rings. The van der Waals surface area contributed by atoms with Crippen LogP contribution in [0.25, 0.3) is 0 Å². The molecule has 11 heavy (non-hydrogen) atoms. The third-order valence-electron chi connectivity index (χ3n) is 2.13. The highest BCUT2D eigenvalue weighted by molar-refractivity contribution is 5.73. The number of hydrogen-bond donors (Lipinski definition) is 1. The number of likely N-dealkylation sites (N-methyl/N-ethyl adjacent to an activating group) is 1. The molecule has 0 unspecified atom stereocenters. The summed E-state index contributed by atoms with van der Waals surface area (Å²) >= 11 is 0. The molecule has 0 aromatic heterocycles. The average molecular weight is 159 g/mol. The standard InChI is InChI=1S/C7H13NO3/c1-8-4-5(11-2)3-6(8)7(9)10/h5-6H,3-4H2,1-2H3,(H,9,10)/t5-,6-/m0/s1. The highest BCUT2D eigenvalue weighted by Gasteiger charge is 2.34. The molecule has 1 saturated heterocycles. The van der Waals surface area contributed by atoms with E-state index in [0.717, 1.165) is 0 Å². The minimum absolute atomic E-state index is 0.0844. The van der Waals surface area contributed by atoms with Crippen LogP contribution in [0.15, 0.2) is 0 Å². The molecular formula is C7H13NO3. The fourth-order valence-electron chi connectivity index (χ4n) is 1.41. The first kappa shape index (κ1) is 8.49. The summed E-state index contributed by atoms with van der Waals surface area (Å²) in [6.07, 6.45) is 0.684. The SMILES string of the molecule is CO[C@H]1C[C@@H](C(=O)O)N(C)C1. The van der Waals surface area contributed by atoms with Crippen molar-refractivity contribution in [2.24, 2.45) is 0 Å². The molecule has 0 aromatic rings. The molecular weight excluding hydrogens is 146 g/mol. The van der Waals surface area contributed by atoms with Crippen LogP contribution in [0.3, 0.4) is 0 Å². The van der Waals surface area contributed by atoms with Gasteiger partial charge in [-0.1, -0.05) is 0 Å². The van der Waals surface area contributed by atoms with E-state index in [1.165, 1.54) is 0 Å². The Morgan fingerprint density at radius 1 is 1.73 bits per heavy atom. The molecule has 2 atom stereocenters. The topological polar surface area (TPSA) is 49.8 Å². The van der Waals surface area contributed by atoms with Crippen LogP contribution in [-0.4, -0.2) is 48.8 Å². The molecule has 1 rings (SSSR count). The lowest BCUT2D eigenvalue weighted by Crippen LogP contribution is -2.32. The van der Waals surface area contributed by atoms with Crippen molar-refractivity contribution in [3.8, 4) is 0 Å². The van der Waals surface area contributed by atoms with Crippen LogP contribution in [0.1, 0.15) is 6.42 Å². The first-order valence-electron chi connectivity index (χ1n) is 3.61. The molecule has 1 heterocycles. The molecule has 4 nitrogen and oxygen atoms in total. The fraction of sp³-hybridized carbons (Fsp3) is 0.857. The van der Waals surface area contributed by atoms with Gasteiger partial charge >= 0.3 is 5.97 Å². The minimum atomic E-state index is -0.757. The van der Waals surface area contributed by atoms with Gasteiger partial charge in [0.2, 0.25) is 0 Å². The van der Waals surface area contributed by atoms with E-state index in [1.54, 1.807) is 19.1 Å². The van der Waals surface area contributed by atoms with E-state index >= 15 is 0 Å². The maximum Gasteiger partial charge on any atom is 0.321 e. The zero-order valence-corrected chi connectivity index (χ0v) is 6.78. The predicted octanol–water partition coefficient (Wildman–Crippen LogP) is -0.210. The van der Waals surface area contributed by atoms with Crippen molar-refractivity contribution in [1.82, 2.24) is 4.90 Å². The second-order valence-electron chi connectivity index (χ2n) is 2.89. The number of carbonyl (C=O) groups is 1. The first-order chi connectivity index (χ1) is 5.15. The number of nitrogens with zero attached hydrogens (tertiary/aromatic N) is 1. The van der Waals surface area contributed by atoms with E-state index in [1.807, 2.05) is 0 Å². The van der Waals surface area contributed by atoms with Gasteiger partial charge in [0.15, 0.2) is 0 Å². The van der Waals surface area contributed by atoms with Gasteiger partial charge in [0.1, 0.15) is 6.04 Å². The van der Waals surface area contributed by atoms with Crippen LogP contribution in [0, 0.1) is 0 Å². The monoisotopic (exact) mass is 159 g/mol. The predicted molar refractivity (Wildman–Crippen MR) is 39.5 cm³/mol. The van der Waals surface area contributed by atoms with E-state index < -0.39 is 5.97 Å². The van der Waals surface area contributed by atoms with Crippen LogP contribution < -0.4 is 0 Å². The van der Waals surface area contributed by atoms with Crippen molar-refractivity contribution in [2.45, 2.75) is 18.6 Å². The Hall–Kier alpha value is -0.610. The number of carboxylic acid groups (broad SMARTS) is 1. The summed E-state index contributed by atoms with van der Waals surface area (Å²) in [5.41, 5.74) is 0. The molecule has 0 radical (unpaired) electrons. The Balaban J connectivity index is 2.51. The van der Waals surface area contributed by atoms with Crippen molar-refractivity contribution in [2.75, 3.05) is 20.7 Å². The molecule has 0 bridgehead atoms. The molecule has 0 aliphatic carbocycles. The summed E-state index contributed by atoms with van der Waals surface area (Å²) in [6, 6.07) is -0.361. The summed E-state index contributed by atoms with van der Waals surface area (Å²) in [5.74, 6) is -0.757. The van der Waals surface area contributed by atoms with E-state index in [-0.39, 0.29) is 12.1 Å². The van der Waals surface area contributed by atoms with Crippen molar-refractivity contribution < 1.29 is 14.6 Å². The quantitative estimate of drug-likeness (QED) is 0.605. The molecule has 0 amide bonds. The summed E-state index contributed by atoms with van der Waals surface area (Å²) in [6.45, 7) is 0.716. The van der Waals surface area contributed by atoms with Gasteiger partial charge in [0, 0.05) is 20.1 Å². The Morgan fingerprint density at radius 3 is 2.64 bits per heavy atom. The van der Waals surface area contributed by atoms with Crippen molar-refractivity contribution in [1.29, 1.82) is 0 Å². The second-order valence-corrected chi connectivity index (χ2v) is 2.89. The average Bonchev–Trinajstić information content (AvgIpc) is 2.30. The highest BCUT2D eigenvalue weighted by atomic mass is 16.5. The maximum absolute atomic E-state index is 10.6. The molecule has 4 heteroatoms. The molecule has 0 saturated carbocycles. The molecule has 64 valence electrons. The van der Waals surface area contributed by atoms with Gasteiger partial charge in [-0.25, -0.2) is 0 Å². The van der Waals surface area contributed by atoms with Crippen LogP contribution in [0.2, 0.25) is 0 Å². The summed E-state index contributed by atoms with van der Waals surface area (Å²) in [4.78, 5) is 12.4. The lowest BCUT2D eigenvalue weighted by atomic mass is 10.2. The van der Waals surface area contributed by atoms with Crippen LogP contribution >= 0.6 is 0 Å². The molecule has 0 aromatic carbocycles.